The lowest BCUT2D eigenvalue weighted by molar-refractivity contribution is 0.0479. The molecule has 3 N–H and O–H groups in total. The highest BCUT2D eigenvalue weighted by Gasteiger charge is 2.12. The number of carbonyl (C=O) groups excluding carboxylic acids is 1. The molecule has 0 aliphatic heterocycles. The van der Waals surface area contributed by atoms with Crippen LogP contribution in [0.25, 0.3) is 0 Å². The Morgan fingerprint density at radius 2 is 1.89 bits per heavy atom. The van der Waals surface area contributed by atoms with Gasteiger partial charge in [-0.2, -0.15) is 0 Å². The predicted octanol–water partition coefficient (Wildman–Crippen LogP) is 2.39. The fourth-order valence-electron chi connectivity index (χ4n) is 1.44. The molecule has 2 rings (SSSR count). The Morgan fingerprint density at radius 1 is 1.21 bits per heavy atom. The lowest BCUT2D eigenvalue weighted by Gasteiger charge is -2.04. The molecule has 0 bridgehead atoms. The number of esters is 1. The molecule has 1 aromatic carbocycles. The summed E-state index contributed by atoms with van der Waals surface area (Å²) >= 11 is 1.22. The molecule has 0 atom stereocenters. The summed E-state index contributed by atoms with van der Waals surface area (Å²) in [6.45, 7) is 0.0794. The molecule has 0 saturated heterocycles. The second-order valence-corrected chi connectivity index (χ2v) is 4.70. The quantitative estimate of drug-likeness (QED) is 0.837. The van der Waals surface area contributed by atoms with E-state index in [1.807, 2.05) is 0 Å². The van der Waals surface area contributed by atoms with Crippen molar-refractivity contribution in [2.24, 2.45) is 0 Å². The van der Waals surface area contributed by atoms with Gasteiger partial charge in [-0.25, -0.2) is 9.59 Å². The normalized spacial score (nSPS) is 10.1. The summed E-state index contributed by atoms with van der Waals surface area (Å²) in [6.07, 6.45) is 0. The van der Waals surface area contributed by atoms with Gasteiger partial charge in [0, 0.05) is 0 Å². The molecular weight excluding hydrogens is 266 g/mol. The van der Waals surface area contributed by atoms with Crippen molar-refractivity contribution in [3.63, 3.8) is 0 Å². The molecule has 98 valence electrons. The van der Waals surface area contributed by atoms with E-state index in [-0.39, 0.29) is 12.2 Å². The van der Waals surface area contributed by atoms with Gasteiger partial charge in [0.1, 0.15) is 11.5 Å². The number of hydrogen-bond donors (Lipinski definition) is 2. The van der Waals surface area contributed by atoms with Crippen LogP contribution in [0.5, 0.6) is 0 Å². The third-order valence-electron chi connectivity index (χ3n) is 2.45. The van der Waals surface area contributed by atoms with Gasteiger partial charge in [0.05, 0.1) is 11.3 Å². The highest BCUT2D eigenvalue weighted by Crippen LogP contribution is 2.20. The van der Waals surface area contributed by atoms with Crippen LogP contribution in [0.2, 0.25) is 0 Å². The van der Waals surface area contributed by atoms with Crippen LogP contribution in [0, 0.1) is 0 Å². The van der Waals surface area contributed by atoms with E-state index in [9.17, 15) is 9.59 Å². The summed E-state index contributed by atoms with van der Waals surface area (Å²) in [5.41, 5.74) is 6.92. The minimum atomic E-state index is -0.991. The molecule has 1 heterocycles. The van der Waals surface area contributed by atoms with E-state index in [2.05, 4.69) is 0 Å². The number of hydrogen-bond acceptors (Lipinski definition) is 5. The van der Waals surface area contributed by atoms with E-state index in [0.29, 0.717) is 16.1 Å². The van der Waals surface area contributed by atoms with Gasteiger partial charge in [0.15, 0.2) is 0 Å². The van der Waals surface area contributed by atoms with Crippen LogP contribution in [0.1, 0.15) is 25.6 Å². The standard InChI is InChI=1S/C13H11NO4S/c14-10-5-6-19-11(10)13(17)18-7-8-1-3-9(4-2-8)12(15)16/h1-6H,7,14H2,(H,15,16). The topological polar surface area (TPSA) is 89.6 Å². The number of anilines is 1. The molecule has 0 spiro atoms. The van der Waals surface area contributed by atoms with Crippen molar-refractivity contribution in [2.75, 3.05) is 5.73 Å². The van der Waals surface area contributed by atoms with E-state index in [1.165, 1.54) is 23.5 Å². The number of carboxylic acids is 1. The molecule has 0 radical (unpaired) electrons. The second kappa shape index (κ2) is 5.53. The third-order valence-corrected chi connectivity index (χ3v) is 3.36. The Kier molecular flexibility index (Phi) is 3.82. The second-order valence-electron chi connectivity index (χ2n) is 3.78. The zero-order valence-electron chi connectivity index (χ0n) is 9.83. The Labute approximate surface area is 113 Å². The van der Waals surface area contributed by atoms with Gasteiger partial charge < -0.3 is 15.6 Å². The highest BCUT2D eigenvalue weighted by molar-refractivity contribution is 7.12. The summed E-state index contributed by atoms with van der Waals surface area (Å²) < 4.78 is 5.10. The van der Waals surface area contributed by atoms with Crippen LogP contribution in [0.4, 0.5) is 5.69 Å². The summed E-state index contributed by atoms with van der Waals surface area (Å²) in [7, 11) is 0. The van der Waals surface area contributed by atoms with Gasteiger partial charge in [0.25, 0.3) is 0 Å². The van der Waals surface area contributed by atoms with E-state index in [1.54, 1.807) is 23.6 Å². The molecule has 1 aromatic heterocycles. The fourth-order valence-corrected chi connectivity index (χ4v) is 2.15. The van der Waals surface area contributed by atoms with Crippen LogP contribution in [0.15, 0.2) is 35.7 Å². The molecule has 6 heteroatoms. The molecule has 0 fully saturated rings. The molecule has 0 aliphatic rings. The number of thiophene rings is 1. The van der Waals surface area contributed by atoms with E-state index < -0.39 is 11.9 Å². The molecule has 2 aromatic rings. The summed E-state index contributed by atoms with van der Waals surface area (Å²) in [6, 6.07) is 7.78. The van der Waals surface area contributed by atoms with Crippen molar-refractivity contribution in [3.05, 3.63) is 51.7 Å². The van der Waals surface area contributed by atoms with Gasteiger partial charge in [-0.05, 0) is 29.1 Å². The van der Waals surface area contributed by atoms with Crippen molar-refractivity contribution in [1.82, 2.24) is 0 Å². The van der Waals surface area contributed by atoms with Crippen LogP contribution in [-0.2, 0) is 11.3 Å². The fraction of sp³-hybridized carbons (Fsp3) is 0.0769. The first kappa shape index (κ1) is 13.1. The Morgan fingerprint density at radius 3 is 2.42 bits per heavy atom. The van der Waals surface area contributed by atoms with Crippen LogP contribution in [0.3, 0.4) is 0 Å². The molecule has 0 unspecified atom stereocenters. The van der Waals surface area contributed by atoms with Crippen molar-refractivity contribution in [1.29, 1.82) is 0 Å². The highest BCUT2D eigenvalue weighted by atomic mass is 32.1. The zero-order chi connectivity index (χ0) is 13.8. The number of aromatic carboxylic acids is 1. The smallest absolute Gasteiger partial charge is 0.350 e. The SMILES string of the molecule is Nc1ccsc1C(=O)OCc1ccc(C(=O)O)cc1. The molecular formula is C13H11NO4S. The average Bonchev–Trinajstić information content (AvgIpc) is 2.83. The predicted molar refractivity (Wildman–Crippen MR) is 71.3 cm³/mol. The molecule has 0 aliphatic carbocycles. The number of rotatable bonds is 4. The zero-order valence-corrected chi connectivity index (χ0v) is 10.6. The van der Waals surface area contributed by atoms with Gasteiger partial charge in [-0.15, -0.1) is 11.3 Å². The number of benzene rings is 1. The Balaban J connectivity index is 1.97. The van der Waals surface area contributed by atoms with E-state index in [4.69, 9.17) is 15.6 Å². The first-order valence-electron chi connectivity index (χ1n) is 5.40. The lowest BCUT2D eigenvalue weighted by Crippen LogP contribution is -2.05. The number of nitrogen functional groups attached to an aromatic ring is 1. The summed E-state index contributed by atoms with van der Waals surface area (Å²) in [4.78, 5) is 22.7. The van der Waals surface area contributed by atoms with Crippen molar-refractivity contribution in [3.8, 4) is 0 Å². The van der Waals surface area contributed by atoms with E-state index >= 15 is 0 Å². The van der Waals surface area contributed by atoms with Crippen LogP contribution in [-0.4, -0.2) is 17.0 Å². The molecule has 5 nitrogen and oxygen atoms in total. The maximum Gasteiger partial charge on any atom is 0.350 e. The number of ether oxygens (including phenoxy) is 1. The van der Waals surface area contributed by atoms with Crippen molar-refractivity contribution >= 4 is 29.0 Å². The molecule has 0 amide bonds. The van der Waals surface area contributed by atoms with Crippen LogP contribution >= 0.6 is 11.3 Å². The maximum atomic E-state index is 11.7. The average molecular weight is 277 g/mol. The third kappa shape index (κ3) is 3.11. The lowest BCUT2D eigenvalue weighted by atomic mass is 10.1. The first-order chi connectivity index (χ1) is 9.08. The van der Waals surface area contributed by atoms with Gasteiger partial charge in [-0.3, -0.25) is 0 Å². The largest absolute Gasteiger partial charge is 0.478 e. The molecule has 19 heavy (non-hydrogen) atoms. The first-order valence-corrected chi connectivity index (χ1v) is 6.28. The summed E-state index contributed by atoms with van der Waals surface area (Å²) in [5.74, 6) is -1.47. The van der Waals surface area contributed by atoms with Gasteiger partial charge in [-0.1, -0.05) is 12.1 Å². The monoisotopic (exact) mass is 277 g/mol. The minimum Gasteiger partial charge on any atom is -0.478 e. The number of carboxylic acid groups (broad SMARTS) is 1. The van der Waals surface area contributed by atoms with Gasteiger partial charge >= 0.3 is 11.9 Å². The summed E-state index contributed by atoms with van der Waals surface area (Å²) in [5, 5.41) is 10.5. The maximum absolute atomic E-state index is 11.7. The van der Waals surface area contributed by atoms with Crippen LogP contribution < -0.4 is 5.73 Å². The molecule has 0 saturated carbocycles. The number of carbonyl (C=O) groups is 2. The minimum absolute atomic E-state index is 0.0794. The van der Waals surface area contributed by atoms with Crippen molar-refractivity contribution < 1.29 is 19.4 Å². The Hall–Kier alpha value is -2.34. The van der Waals surface area contributed by atoms with Gasteiger partial charge in [0.2, 0.25) is 0 Å². The van der Waals surface area contributed by atoms with Crippen molar-refractivity contribution in [2.45, 2.75) is 6.61 Å². The van der Waals surface area contributed by atoms with E-state index in [0.717, 1.165) is 0 Å². The Bertz CT molecular complexity index is 603. The number of nitrogens with two attached hydrogens (primary N) is 1.